The zero-order valence-corrected chi connectivity index (χ0v) is 12.3. The minimum atomic E-state index is -0.536. The van der Waals surface area contributed by atoms with E-state index in [9.17, 15) is 9.90 Å². The molecular weight excluding hydrogens is 290 g/mol. The van der Waals surface area contributed by atoms with E-state index in [-0.39, 0.29) is 25.1 Å². The topological polar surface area (TPSA) is 104 Å². The highest BCUT2D eigenvalue weighted by atomic mass is 16.5. The minimum absolute atomic E-state index is 0.0309. The highest BCUT2D eigenvalue weighted by Crippen LogP contribution is 2.18. The van der Waals surface area contributed by atoms with Crippen LogP contribution < -0.4 is 0 Å². The number of aromatic nitrogens is 3. The van der Waals surface area contributed by atoms with Crippen molar-refractivity contribution in [3.05, 3.63) is 11.9 Å². The monoisotopic (exact) mass is 311 g/mol. The summed E-state index contributed by atoms with van der Waals surface area (Å²) in [6.07, 6.45) is 1.01. The SMILES string of the molecule is O=C(Cn1cc(CO)nn1)N1C[C@@H](O)[C@H](N2CCOCC2)C1. The molecule has 0 aliphatic carbocycles. The third-order valence-electron chi connectivity index (χ3n) is 4.17. The first-order valence-corrected chi connectivity index (χ1v) is 7.45. The summed E-state index contributed by atoms with van der Waals surface area (Å²) in [5, 5.41) is 26.7. The zero-order chi connectivity index (χ0) is 15.5. The number of carbonyl (C=O) groups is 1. The number of carbonyl (C=O) groups excluding carboxylic acids is 1. The second-order valence-electron chi connectivity index (χ2n) is 5.65. The van der Waals surface area contributed by atoms with Gasteiger partial charge in [-0.05, 0) is 0 Å². The Labute approximate surface area is 128 Å². The number of nitrogens with zero attached hydrogens (tertiary/aromatic N) is 5. The van der Waals surface area contributed by atoms with Crippen molar-refractivity contribution < 1.29 is 19.7 Å². The van der Waals surface area contributed by atoms with E-state index < -0.39 is 6.10 Å². The molecule has 22 heavy (non-hydrogen) atoms. The highest BCUT2D eigenvalue weighted by molar-refractivity contribution is 5.76. The van der Waals surface area contributed by atoms with Crippen molar-refractivity contribution in [2.24, 2.45) is 0 Å². The third-order valence-corrected chi connectivity index (χ3v) is 4.17. The van der Waals surface area contributed by atoms with Crippen LogP contribution in [-0.2, 0) is 22.7 Å². The van der Waals surface area contributed by atoms with Crippen molar-refractivity contribution >= 4 is 5.91 Å². The van der Waals surface area contributed by atoms with Crippen LogP contribution in [0.15, 0.2) is 6.20 Å². The van der Waals surface area contributed by atoms with E-state index in [1.807, 2.05) is 0 Å². The molecule has 3 heterocycles. The number of aliphatic hydroxyl groups excluding tert-OH is 2. The van der Waals surface area contributed by atoms with Crippen molar-refractivity contribution in [2.75, 3.05) is 39.4 Å². The molecule has 0 radical (unpaired) electrons. The van der Waals surface area contributed by atoms with Crippen LogP contribution in [0.3, 0.4) is 0 Å². The highest BCUT2D eigenvalue weighted by Gasteiger charge is 2.38. The molecule has 2 aliphatic rings. The lowest BCUT2D eigenvalue weighted by Crippen LogP contribution is -2.49. The lowest BCUT2D eigenvalue weighted by Gasteiger charge is -2.33. The molecule has 2 saturated heterocycles. The first-order chi connectivity index (χ1) is 10.7. The molecule has 2 fully saturated rings. The number of morpholine rings is 1. The Morgan fingerprint density at radius 3 is 2.82 bits per heavy atom. The number of aliphatic hydroxyl groups is 2. The fraction of sp³-hybridized carbons (Fsp3) is 0.769. The maximum Gasteiger partial charge on any atom is 0.244 e. The summed E-state index contributed by atoms with van der Waals surface area (Å²) in [6, 6.07) is -0.0309. The molecule has 2 aliphatic heterocycles. The second kappa shape index (κ2) is 6.69. The molecule has 0 spiro atoms. The van der Waals surface area contributed by atoms with Gasteiger partial charge in [-0.3, -0.25) is 9.69 Å². The summed E-state index contributed by atoms with van der Waals surface area (Å²) < 4.78 is 6.72. The van der Waals surface area contributed by atoms with Gasteiger partial charge in [-0.1, -0.05) is 5.21 Å². The largest absolute Gasteiger partial charge is 0.390 e. The van der Waals surface area contributed by atoms with Crippen molar-refractivity contribution in [2.45, 2.75) is 25.3 Å². The van der Waals surface area contributed by atoms with Crippen LogP contribution in [0.4, 0.5) is 0 Å². The van der Waals surface area contributed by atoms with Crippen molar-refractivity contribution in [3.63, 3.8) is 0 Å². The average Bonchev–Trinajstić information content (AvgIpc) is 3.14. The Hall–Kier alpha value is -1.55. The Bertz CT molecular complexity index is 516. The van der Waals surface area contributed by atoms with Crippen molar-refractivity contribution in [1.82, 2.24) is 24.8 Å². The van der Waals surface area contributed by atoms with E-state index in [2.05, 4.69) is 15.2 Å². The van der Waals surface area contributed by atoms with Crippen LogP contribution >= 0.6 is 0 Å². The van der Waals surface area contributed by atoms with Gasteiger partial charge in [0.2, 0.25) is 5.91 Å². The fourth-order valence-electron chi connectivity index (χ4n) is 2.97. The minimum Gasteiger partial charge on any atom is -0.390 e. The lowest BCUT2D eigenvalue weighted by molar-refractivity contribution is -0.131. The van der Waals surface area contributed by atoms with E-state index in [0.29, 0.717) is 32.0 Å². The Kier molecular flexibility index (Phi) is 4.67. The summed E-state index contributed by atoms with van der Waals surface area (Å²) in [4.78, 5) is 16.1. The van der Waals surface area contributed by atoms with Crippen molar-refractivity contribution in [3.8, 4) is 0 Å². The number of amides is 1. The predicted molar refractivity (Wildman–Crippen MR) is 74.7 cm³/mol. The van der Waals surface area contributed by atoms with Gasteiger partial charge in [0.25, 0.3) is 0 Å². The van der Waals surface area contributed by atoms with E-state index >= 15 is 0 Å². The summed E-state index contributed by atoms with van der Waals surface area (Å²) in [5.74, 6) is -0.107. The van der Waals surface area contributed by atoms with Gasteiger partial charge < -0.3 is 19.8 Å². The molecule has 0 saturated carbocycles. The second-order valence-corrected chi connectivity index (χ2v) is 5.65. The molecule has 1 aromatic heterocycles. The molecule has 1 aromatic rings. The van der Waals surface area contributed by atoms with Crippen LogP contribution in [0.5, 0.6) is 0 Å². The molecule has 3 rings (SSSR count). The Morgan fingerprint density at radius 1 is 1.36 bits per heavy atom. The van der Waals surface area contributed by atoms with Gasteiger partial charge in [0.05, 0.1) is 38.2 Å². The van der Waals surface area contributed by atoms with Gasteiger partial charge in [0, 0.05) is 26.2 Å². The molecule has 122 valence electrons. The molecular formula is C13H21N5O4. The van der Waals surface area contributed by atoms with E-state index in [1.54, 1.807) is 11.1 Å². The van der Waals surface area contributed by atoms with Crippen LogP contribution in [0, 0.1) is 0 Å². The van der Waals surface area contributed by atoms with Crippen LogP contribution in [-0.4, -0.2) is 92.5 Å². The van der Waals surface area contributed by atoms with E-state index in [1.165, 1.54) is 4.68 Å². The van der Waals surface area contributed by atoms with Gasteiger partial charge in [-0.25, -0.2) is 4.68 Å². The van der Waals surface area contributed by atoms with Gasteiger partial charge in [-0.2, -0.15) is 0 Å². The smallest absolute Gasteiger partial charge is 0.244 e. The predicted octanol–water partition coefficient (Wildman–Crippen LogP) is -2.33. The fourth-order valence-corrected chi connectivity index (χ4v) is 2.97. The first-order valence-electron chi connectivity index (χ1n) is 7.45. The van der Waals surface area contributed by atoms with Gasteiger partial charge in [0.15, 0.2) is 0 Å². The first kappa shape index (κ1) is 15.3. The maximum atomic E-state index is 12.3. The summed E-state index contributed by atoms with van der Waals surface area (Å²) in [6.45, 7) is 3.62. The third kappa shape index (κ3) is 3.27. The number of hydrogen-bond acceptors (Lipinski definition) is 7. The molecule has 2 N–H and O–H groups in total. The van der Waals surface area contributed by atoms with E-state index in [0.717, 1.165) is 13.1 Å². The van der Waals surface area contributed by atoms with Crippen LogP contribution in [0.25, 0.3) is 0 Å². The Morgan fingerprint density at radius 2 is 2.14 bits per heavy atom. The maximum absolute atomic E-state index is 12.3. The lowest BCUT2D eigenvalue weighted by atomic mass is 10.2. The number of rotatable bonds is 4. The zero-order valence-electron chi connectivity index (χ0n) is 12.3. The quantitative estimate of drug-likeness (QED) is 0.643. The number of ether oxygens (including phenoxy) is 1. The van der Waals surface area contributed by atoms with Gasteiger partial charge in [0.1, 0.15) is 12.2 Å². The van der Waals surface area contributed by atoms with Gasteiger partial charge in [-0.15, -0.1) is 5.10 Å². The summed E-state index contributed by atoms with van der Waals surface area (Å²) in [5.41, 5.74) is 0.431. The number of β-amino-alcohol motifs (C(OH)–C–C–N with tert-alkyl or cyclic N) is 1. The van der Waals surface area contributed by atoms with Crippen molar-refractivity contribution in [1.29, 1.82) is 0 Å². The molecule has 2 atom stereocenters. The van der Waals surface area contributed by atoms with Gasteiger partial charge >= 0.3 is 0 Å². The number of hydrogen-bond donors (Lipinski definition) is 2. The molecule has 9 nitrogen and oxygen atoms in total. The van der Waals surface area contributed by atoms with Crippen LogP contribution in [0.1, 0.15) is 5.69 Å². The average molecular weight is 311 g/mol. The molecule has 0 unspecified atom stereocenters. The molecule has 1 amide bonds. The normalized spacial score (nSPS) is 26.5. The summed E-state index contributed by atoms with van der Waals surface area (Å²) in [7, 11) is 0. The van der Waals surface area contributed by atoms with E-state index in [4.69, 9.17) is 9.84 Å². The standard InChI is InChI=1S/C13H21N5O4/c19-9-10-5-18(15-14-10)8-13(21)17-6-11(12(20)7-17)16-1-3-22-4-2-16/h5,11-12,19-20H,1-4,6-9H2/t11-,12-/m1/s1. The number of likely N-dealkylation sites (tertiary alicyclic amines) is 1. The summed E-state index contributed by atoms with van der Waals surface area (Å²) >= 11 is 0. The van der Waals surface area contributed by atoms with Crippen LogP contribution in [0.2, 0.25) is 0 Å². The molecule has 0 aromatic carbocycles. The molecule has 9 heteroatoms. The molecule has 0 bridgehead atoms. The Balaban J connectivity index is 1.57.